The Balaban J connectivity index is 1.74. The summed E-state index contributed by atoms with van der Waals surface area (Å²) in [5.41, 5.74) is 3.86. The molecule has 202 valence electrons. The molecule has 8 nitrogen and oxygen atoms in total. The second-order valence-electron chi connectivity index (χ2n) is 8.48. The van der Waals surface area contributed by atoms with Gasteiger partial charge < -0.3 is 24.8 Å². The topological polar surface area (TPSA) is 110 Å². The van der Waals surface area contributed by atoms with Crippen LogP contribution in [0.3, 0.4) is 0 Å². The van der Waals surface area contributed by atoms with Crippen molar-refractivity contribution in [3.05, 3.63) is 81.3 Å². The van der Waals surface area contributed by atoms with Gasteiger partial charge in [0.05, 0.1) is 17.7 Å². The normalized spacial score (nSPS) is 10.8. The highest BCUT2D eigenvalue weighted by Crippen LogP contribution is 2.37. The van der Waals surface area contributed by atoms with Crippen molar-refractivity contribution in [2.24, 2.45) is 0 Å². The number of hydrogen-bond donors (Lipinski definition) is 2. The number of nitriles is 1. The number of aryl methyl sites for hydroxylation is 2. The molecule has 0 aliphatic heterocycles. The maximum absolute atomic E-state index is 12.7. The third-order valence-electron chi connectivity index (χ3n) is 5.57. The van der Waals surface area contributed by atoms with Crippen molar-refractivity contribution in [1.82, 2.24) is 0 Å². The molecule has 0 fully saturated rings. The Labute approximate surface area is 236 Å². The first-order valence-electron chi connectivity index (χ1n) is 12.4. The van der Waals surface area contributed by atoms with Gasteiger partial charge in [-0.2, -0.15) is 5.26 Å². The van der Waals surface area contributed by atoms with Crippen molar-refractivity contribution < 1.29 is 23.8 Å². The van der Waals surface area contributed by atoms with Crippen molar-refractivity contribution in [2.45, 2.75) is 27.7 Å². The van der Waals surface area contributed by atoms with E-state index < -0.39 is 5.91 Å². The predicted molar refractivity (Wildman–Crippen MR) is 155 cm³/mol. The number of anilines is 2. The molecule has 3 aromatic rings. The quantitative estimate of drug-likeness (QED) is 0.196. The molecule has 9 heteroatoms. The van der Waals surface area contributed by atoms with E-state index in [0.29, 0.717) is 51.9 Å². The summed E-state index contributed by atoms with van der Waals surface area (Å²) in [6.07, 6.45) is 1.45. The Morgan fingerprint density at radius 1 is 0.897 bits per heavy atom. The fourth-order valence-corrected chi connectivity index (χ4v) is 4.12. The number of ether oxygens (including phenoxy) is 3. The van der Waals surface area contributed by atoms with Gasteiger partial charge in [0.2, 0.25) is 0 Å². The van der Waals surface area contributed by atoms with E-state index in [2.05, 4.69) is 26.6 Å². The summed E-state index contributed by atoms with van der Waals surface area (Å²) < 4.78 is 17.4. The molecule has 0 bridgehead atoms. The Bertz CT molecular complexity index is 1410. The van der Waals surface area contributed by atoms with Crippen LogP contribution in [0.1, 0.15) is 30.5 Å². The molecule has 2 N–H and O–H groups in total. The van der Waals surface area contributed by atoms with E-state index in [1.807, 2.05) is 52.0 Å². The molecule has 0 aliphatic carbocycles. The standard InChI is InChI=1S/C30H30BrN3O5/c1-5-37-25-11-9-23(10-12-25)34-30(36)22(17-32)14-21-15-26(31)29(27(16-21)38-6-2)39-18-28(35)33-24-8-7-19(3)20(4)13-24/h7-16H,5-6,18H2,1-4H3,(H,33,35)(H,34,36)/b22-14+. The Hall–Kier alpha value is -4.29. The molecule has 0 atom stereocenters. The van der Waals surface area contributed by atoms with Crippen LogP contribution in [-0.2, 0) is 9.59 Å². The smallest absolute Gasteiger partial charge is 0.266 e. The maximum Gasteiger partial charge on any atom is 0.266 e. The Morgan fingerprint density at radius 2 is 1.59 bits per heavy atom. The fraction of sp³-hybridized carbons (Fsp3) is 0.233. The van der Waals surface area contributed by atoms with E-state index in [9.17, 15) is 14.9 Å². The lowest BCUT2D eigenvalue weighted by Crippen LogP contribution is -2.20. The maximum atomic E-state index is 12.7. The second-order valence-corrected chi connectivity index (χ2v) is 9.33. The molecule has 3 rings (SSSR count). The minimum Gasteiger partial charge on any atom is -0.494 e. The van der Waals surface area contributed by atoms with E-state index >= 15 is 0 Å². The largest absolute Gasteiger partial charge is 0.494 e. The van der Waals surface area contributed by atoms with E-state index in [4.69, 9.17) is 14.2 Å². The van der Waals surface area contributed by atoms with Crippen LogP contribution in [0.5, 0.6) is 17.2 Å². The zero-order valence-corrected chi connectivity index (χ0v) is 23.8. The first-order chi connectivity index (χ1) is 18.7. The van der Waals surface area contributed by atoms with Crippen molar-refractivity contribution in [1.29, 1.82) is 5.26 Å². The summed E-state index contributed by atoms with van der Waals surface area (Å²) in [7, 11) is 0. The third kappa shape index (κ3) is 8.35. The van der Waals surface area contributed by atoms with Crippen LogP contribution in [0.15, 0.2) is 64.6 Å². The lowest BCUT2D eigenvalue weighted by atomic mass is 10.1. The van der Waals surface area contributed by atoms with E-state index in [-0.39, 0.29) is 18.1 Å². The van der Waals surface area contributed by atoms with Crippen LogP contribution in [0, 0.1) is 25.2 Å². The number of benzene rings is 3. The molecule has 39 heavy (non-hydrogen) atoms. The summed E-state index contributed by atoms with van der Waals surface area (Å²) in [5.74, 6) is 0.501. The van der Waals surface area contributed by atoms with Gasteiger partial charge in [-0.05, 0) is 115 Å². The lowest BCUT2D eigenvalue weighted by Gasteiger charge is -2.15. The molecule has 0 saturated carbocycles. The first-order valence-corrected chi connectivity index (χ1v) is 13.2. The summed E-state index contributed by atoms with van der Waals surface area (Å²) in [5, 5.41) is 15.2. The Kier molecular flexibility index (Phi) is 10.5. The van der Waals surface area contributed by atoms with Crippen LogP contribution in [-0.4, -0.2) is 31.6 Å². The van der Waals surface area contributed by atoms with Gasteiger partial charge in [0, 0.05) is 11.4 Å². The first kappa shape index (κ1) is 29.3. The third-order valence-corrected chi connectivity index (χ3v) is 6.16. The number of carbonyl (C=O) groups is 2. The molecule has 0 unspecified atom stereocenters. The van der Waals surface area contributed by atoms with Crippen molar-refractivity contribution in [3.63, 3.8) is 0 Å². The SMILES string of the molecule is CCOc1ccc(NC(=O)/C(C#N)=C/c2cc(Br)c(OCC(=O)Nc3ccc(C)c(C)c3)c(OCC)c2)cc1. The molecule has 0 heterocycles. The van der Waals surface area contributed by atoms with Gasteiger partial charge in [-0.3, -0.25) is 9.59 Å². The molecule has 2 amide bonds. The molecular formula is C30H30BrN3O5. The van der Waals surface area contributed by atoms with Crippen LogP contribution in [0.25, 0.3) is 6.08 Å². The van der Waals surface area contributed by atoms with Gasteiger partial charge in [-0.1, -0.05) is 6.07 Å². The van der Waals surface area contributed by atoms with E-state index in [1.54, 1.807) is 36.4 Å². The molecule has 0 aromatic heterocycles. The Morgan fingerprint density at radius 3 is 2.23 bits per heavy atom. The monoisotopic (exact) mass is 591 g/mol. The van der Waals surface area contributed by atoms with Gasteiger partial charge in [0.25, 0.3) is 11.8 Å². The fourth-order valence-electron chi connectivity index (χ4n) is 3.54. The average molecular weight is 592 g/mol. The molecule has 3 aromatic carbocycles. The molecule has 0 spiro atoms. The second kappa shape index (κ2) is 14.0. The van der Waals surface area contributed by atoms with Crippen LogP contribution >= 0.6 is 15.9 Å². The van der Waals surface area contributed by atoms with Gasteiger partial charge in [-0.15, -0.1) is 0 Å². The summed E-state index contributed by atoms with van der Waals surface area (Å²) >= 11 is 3.46. The zero-order chi connectivity index (χ0) is 28.4. The van der Waals surface area contributed by atoms with Crippen LogP contribution in [0.2, 0.25) is 0 Å². The molecular weight excluding hydrogens is 562 g/mol. The van der Waals surface area contributed by atoms with Gasteiger partial charge in [0.15, 0.2) is 18.1 Å². The number of rotatable bonds is 11. The van der Waals surface area contributed by atoms with Gasteiger partial charge in [-0.25, -0.2) is 0 Å². The highest BCUT2D eigenvalue weighted by atomic mass is 79.9. The van der Waals surface area contributed by atoms with Crippen molar-refractivity contribution in [2.75, 3.05) is 30.5 Å². The summed E-state index contributed by atoms with van der Waals surface area (Å²) in [4.78, 5) is 25.2. The van der Waals surface area contributed by atoms with E-state index in [1.165, 1.54) is 6.08 Å². The van der Waals surface area contributed by atoms with Crippen molar-refractivity contribution >= 4 is 45.2 Å². The highest BCUT2D eigenvalue weighted by molar-refractivity contribution is 9.10. The van der Waals surface area contributed by atoms with Gasteiger partial charge >= 0.3 is 0 Å². The van der Waals surface area contributed by atoms with Crippen LogP contribution < -0.4 is 24.8 Å². The van der Waals surface area contributed by atoms with Crippen molar-refractivity contribution in [3.8, 4) is 23.3 Å². The number of nitrogens with zero attached hydrogens (tertiary/aromatic N) is 1. The number of amides is 2. The lowest BCUT2D eigenvalue weighted by molar-refractivity contribution is -0.118. The minimum atomic E-state index is -0.556. The average Bonchev–Trinajstić information content (AvgIpc) is 2.90. The highest BCUT2D eigenvalue weighted by Gasteiger charge is 2.16. The molecule has 0 radical (unpaired) electrons. The molecule has 0 aliphatic rings. The van der Waals surface area contributed by atoms with Gasteiger partial charge in [0.1, 0.15) is 17.4 Å². The predicted octanol–water partition coefficient (Wildman–Crippen LogP) is 6.43. The summed E-state index contributed by atoms with van der Waals surface area (Å²) in [6, 6.07) is 17.8. The number of nitrogens with one attached hydrogen (secondary N) is 2. The zero-order valence-electron chi connectivity index (χ0n) is 22.3. The number of hydrogen-bond acceptors (Lipinski definition) is 6. The minimum absolute atomic E-state index is 0.0975. The van der Waals surface area contributed by atoms with Crippen LogP contribution in [0.4, 0.5) is 11.4 Å². The molecule has 0 saturated heterocycles. The summed E-state index contributed by atoms with van der Waals surface area (Å²) in [6.45, 7) is 8.32. The van der Waals surface area contributed by atoms with E-state index in [0.717, 1.165) is 11.1 Å². The number of carbonyl (C=O) groups excluding carboxylic acids is 2. The number of halogens is 1.